The molecule has 24 heavy (non-hydrogen) atoms. The van der Waals surface area contributed by atoms with Crippen molar-refractivity contribution in [2.45, 2.75) is 6.92 Å². The van der Waals surface area contributed by atoms with Crippen molar-refractivity contribution in [1.29, 1.82) is 0 Å². The summed E-state index contributed by atoms with van der Waals surface area (Å²) in [6.07, 6.45) is 1.62. The molecule has 0 atom stereocenters. The van der Waals surface area contributed by atoms with Crippen LogP contribution in [0.1, 0.15) is 6.92 Å². The van der Waals surface area contributed by atoms with Crippen LogP contribution in [0, 0.1) is 0 Å². The maximum Gasteiger partial charge on any atom is 0.274 e. The number of rotatable bonds is 3. The number of nitrogens with zero attached hydrogens (tertiary/aromatic N) is 4. The number of hydrogen-bond donors (Lipinski definition) is 1. The van der Waals surface area contributed by atoms with Gasteiger partial charge in [0.2, 0.25) is 0 Å². The first-order chi connectivity index (χ1) is 11.7. The van der Waals surface area contributed by atoms with Crippen LogP contribution in [0.25, 0.3) is 16.9 Å². The summed E-state index contributed by atoms with van der Waals surface area (Å²) in [4.78, 5) is 20.2. The molecular formula is C18H21N5O. The highest BCUT2D eigenvalue weighted by atomic mass is 16.1. The molecule has 0 saturated carbocycles. The highest BCUT2D eigenvalue weighted by Gasteiger charge is 2.15. The van der Waals surface area contributed by atoms with E-state index in [1.165, 1.54) is 10.2 Å². The van der Waals surface area contributed by atoms with E-state index in [-0.39, 0.29) is 5.56 Å². The van der Waals surface area contributed by atoms with Crippen molar-refractivity contribution in [2.24, 2.45) is 0 Å². The van der Waals surface area contributed by atoms with Crippen LogP contribution in [-0.2, 0) is 0 Å². The fourth-order valence-corrected chi connectivity index (χ4v) is 3.26. The molecule has 1 aliphatic rings. The fourth-order valence-electron chi connectivity index (χ4n) is 3.26. The van der Waals surface area contributed by atoms with Crippen LogP contribution in [0.5, 0.6) is 0 Å². The van der Waals surface area contributed by atoms with Gasteiger partial charge in [0.05, 0.1) is 11.9 Å². The molecule has 0 unspecified atom stereocenters. The number of piperazine rings is 1. The molecule has 124 valence electrons. The number of hydrogen-bond acceptors (Lipinski definition) is 4. The van der Waals surface area contributed by atoms with Gasteiger partial charge in [-0.2, -0.15) is 9.61 Å². The second-order valence-corrected chi connectivity index (χ2v) is 6.12. The van der Waals surface area contributed by atoms with Crippen molar-refractivity contribution in [3.63, 3.8) is 0 Å². The molecule has 0 aliphatic carbocycles. The molecule has 0 amide bonds. The van der Waals surface area contributed by atoms with Gasteiger partial charge in [0.1, 0.15) is 5.65 Å². The Morgan fingerprint density at radius 2 is 1.83 bits per heavy atom. The van der Waals surface area contributed by atoms with E-state index in [1.54, 1.807) is 18.3 Å². The van der Waals surface area contributed by atoms with Crippen molar-refractivity contribution < 1.29 is 0 Å². The molecule has 1 fully saturated rings. The van der Waals surface area contributed by atoms with E-state index in [0.717, 1.165) is 44.0 Å². The predicted molar refractivity (Wildman–Crippen MR) is 95.6 cm³/mol. The van der Waals surface area contributed by atoms with E-state index >= 15 is 0 Å². The Bertz CT molecular complexity index is 888. The molecule has 1 aliphatic heterocycles. The quantitative estimate of drug-likeness (QED) is 0.799. The molecule has 0 radical (unpaired) electrons. The summed E-state index contributed by atoms with van der Waals surface area (Å²) in [5, 5.41) is 4.00. The van der Waals surface area contributed by atoms with Gasteiger partial charge in [-0.3, -0.25) is 4.79 Å². The molecular weight excluding hydrogens is 302 g/mol. The third kappa shape index (κ3) is 2.69. The lowest BCUT2D eigenvalue weighted by Crippen LogP contribution is -2.46. The number of likely N-dealkylation sites (N-methyl/N-ethyl adjacent to an activating group) is 1. The summed E-state index contributed by atoms with van der Waals surface area (Å²) in [6.45, 7) is 7.68. The summed E-state index contributed by atoms with van der Waals surface area (Å²) in [7, 11) is 0. The van der Waals surface area contributed by atoms with E-state index in [9.17, 15) is 4.79 Å². The molecule has 1 aromatic carbocycles. The first-order valence-corrected chi connectivity index (χ1v) is 8.39. The predicted octanol–water partition coefficient (Wildman–Crippen LogP) is 1.83. The van der Waals surface area contributed by atoms with Gasteiger partial charge in [-0.15, -0.1) is 0 Å². The Labute approximate surface area is 140 Å². The maximum atomic E-state index is 12.1. The summed E-state index contributed by atoms with van der Waals surface area (Å²) >= 11 is 0. The van der Waals surface area contributed by atoms with Crippen LogP contribution in [0.2, 0.25) is 0 Å². The molecule has 3 heterocycles. The lowest BCUT2D eigenvalue weighted by molar-refractivity contribution is 0.271. The summed E-state index contributed by atoms with van der Waals surface area (Å²) < 4.78 is 1.37. The summed E-state index contributed by atoms with van der Waals surface area (Å²) in [6, 6.07) is 11.8. The first-order valence-electron chi connectivity index (χ1n) is 8.39. The molecule has 0 spiro atoms. The highest BCUT2D eigenvalue weighted by molar-refractivity contribution is 5.64. The third-order valence-electron chi connectivity index (χ3n) is 4.74. The molecule has 4 rings (SSSR count). The van der Waals surface area contributed by atoms with Crippen LogP contribution in [0.15, 0.2) is 47.4 Å². The minimum atomic E-state index is -0.122. The van der Waals surface area contributed by atoms with Crippen molar-refractivity contribution in [3.05, 3.63) is 52.9 Å². The number of aromatic nitrogens is 3. The maximum absolute atomic E-state index is 12.1. The van der Waals surface area contributed by atoms with Gasteiger partial charge in [-0.05, 0) is 24.2 Å². The van der Waals surface area contributed by atoms with Crippen LogP contribution in [0.4, 0.5) is 5.69 Å². The Balaban J connectivity index is 1.58. The second-order valence-electron chi connectivity index (χ2n) is 6.12. The van der Waals surface area contributed by atoms with Crippen LogP contribution >= 0.6 is 0 Å². The molecule has 6 nitrogen and oxygen atoms in total. The van der Waals surface area contributed by atoms with Crippen molar-refractivity contribution in [1.82, 2.24) is 19.5 Å². The summed E-state index contributed by atoms with van der Waals surface area (Å²) in [5.74, 6) is 0. The van der Waals surface area contributed by atoms with Gasteiger partial charge in [0.15, 0.2) is 0 Å². The van der Waals surface area contributed by atoms with Gasteiger partial charge in [0.25, 0.3) is 5.56 Å². The normalized spacial score (nSPS) is 16.0. The third-order valence-corrected chi connectivity index (χ3v) is 4.74. The largest absolute Gasteiger partial charge is 0.369 e. The minimum absolute atomic E-state index is 0.122. The average molecular weight is 323 g/mol. The SMILES string of the molecule is CCN1CCN(c2ccc(-c3cc(=O)n4nccc4[nH]3)cc2)CC1. The second kappa shape index (κ2) is 6.13. The number of fused-ring (bicyclic) bond motifs is 1. The zero-order chi connectivity index (χ0) is 16.5. The molecule has 6 heteroatoms. The molecule has 3 aromatic rings. The van der Waals surface area contributed by atoms with Crippen LogP contribution in [-0.4, -0.2) is 52.2 Å². The minimum Gasteiger partial charge on any atom is -0.369 e. The Kier molecular flexibility index (Phi) is 3.82. The van der Waals surface area contributed by atoms with E-state index in [4.69, 9.17) is 0 Å². The lowest BCUT2D eigenvalue weighted by atomic mass is 10.1. The Morgan fingerprint density at radius 1 is 1.08 bits per heavy atom. The zero-order valence-corrected chi connectivity index (χ0v) is 13.8. The van der Waals surface area contributed by atoms with E-state index in [0.29, 0.717) is 5.65 Å². The lowest BCUT2D eigenvalue weighted by Gasteiger charge is -2.35. The highest BCUT2D eigenvalue weighted by Crippen LogP contribution is 2.22. The molecule has 2 aromatic heterocycles. The van der Waals surface area contributed by atoms with Gasteiger partial charge >= 0.3 is 0 Å². The van der Waals surface area contributed by atoms with Gasteiger partial charge in [-0.25, -0.2) is 0 Å². The van der Waals surface area contributed by atoms with Gasteiger partial charge in [-0.1, -0.05) is 19.1 Å². The molecule has 0 bridgehead atoms. The van der Waals surface area contributed by atoms with Crippen molar-refractivity contribution >= 4 is 11.3 Å². The average Bonchev–Trinajstić information content (AvgIpc) is 3.11. The number of nitrogens with one attached hydrogen (secondary N) is 1. The summed E-state index contributed by atoms with van der Waals surface area (Å²) in [5.41, 5.74) is 3.64. The fraction of sp³-hybridized carbons (Fsp3) is 0.333. The van der Waals surface area contributed by atoms with Gasteiger partial charge < -0.3 is 14.8 Å². The van der Waals surface area contributed by atoms with E-state index < -0.39 is 0 Å². The topological polar surface area (TPSA) is 56.6 Å². The van der Waals surface area contributed by atoms with Gasteiger partial charge in [0, 0.05) is 44.0 Å². The number of H-pyrrole nitrogens is 1. The van der Waals surface area contributed by atoms with Crippen LogP contribution < -0.4 is 10.5 Å². The monoisotopic (exact) mass is 323 g/mol. The van der Waals surface area contributed by atoms with Crippen LogP contribution in [0.3, 0.4) is 0 Å². The zero-order valence-electron chi connectivity index (χ0n) is 13.8. The standard InChI is InChI=1S/C18H21N5O/c1-2-21-9-11-22(12-10-21)15-5-3-14(4-6-15)16-13-18(24)23-17(20-16)7-8-19-23/h3-8,13,20H,2,9-12H2,1H3. The number of anilines is 1. The Hall–Kier alpha value is -2.60. The molecule has 1 N–H and O–H groups in total. The Morgan fingerprint density at radius 3 is 2.54 bits per heavy atom. The first kappa shape index (κ1) is 15.0. The van der Waals surface area contributed by atoms with E-state index in [2.05, 4.69) is 51.1 Å². The smallest absolute Gasteiger partial charge is 0.274 e. The van der Waals surface area contributed by atoms with Crippen molar-refractivity contribution in [3.8, 4) is 11.3 Å². The van der Waals surface area contributed by atoms with E-state index in [1.807, 2.05) is 0 Å². The molecule has 1 saturated heterocycles. The number of benzene rings is 1. The number of aromatic amines is 1. The van der Waals surface area contributed by atoms with Crippen molar-refractivity contribution in [2.75, 3.05) is 37.6 Å².